The minimum Gasteiger partial charge on any atom is -0.468 e. The first-order valence-electron chi connectivity index (χ1n) is 22.3. The van der Waals surface area contributed by atoms with Crippen LogP contribution in [-0.4, -0.2) is 18.9 Å². The van der Waals surface area contributed by atoms with Crippen LogP contribution in [-0.2, 0) is 14.3 Å². The van der Waals surface area contributed by atoms with Crippen molar-refractivity contribution in [3.8, 4) is 0 Å². The van der Waals surface area contributed by atoms with Crippen molar-refractivity contribution in [3.05, 3.63) is 0 Å². The van der Waals surface area contributed by atoms with Gasteiger partial charge in [-0.25, -0.2) is 0 Å². The van der Waals surface area contributed by atoms with E-state index in [9.17, 15) is 9.59 Å². The second-order valence-corrected chi connectivity index (χ2v) is 15.5. The first kappa shape index (κ1) is 47.1. The van der Waals surface area contributed by atoms with Crippen molar-refractivity contribution in [2.24, 2.45) is 5.92 Å². The van der Waals surface area contributed by atoms with Crippen LogP contribution in [0.3, 0.4) is 0 Å². The third-order valence-electron chi connectivity index (χ3n) is 10.7. The van der Waals surface area contributed by atoms with Crippen molar-refractivity contribution in [2.75, 3.05) is 7.11 Å². The van der Waals surface area contributed by atoms with Gasteiger partial charge in [0, 0.05) is 6.42 Å². The number of ether oxygens (including phenoxy) is 1. The molecule has 0 saturated heterocycles. The lowest BCUT2D eigenvalue weighted by Gasteiger charge is -2.13. The molecule has 0 aliphatic carbocycles. The predicted octanol–water partition coefficient (Wildman–Crippen LogP) is 15.6. The molecule has 0 heterocycles. The van der Waals surface area contributed by atoms with Crippen molar-refractivity contribution >= 4 is 11.8 Å². The van der Waals surface area contributed by atoms with E-state index in [2.05, 4.69) is 13.8 Å². The Hall–Kier alpha value is -0.860. The first-order chi connectivity index (χ1) is 23.7. The average Bonchev–Trinajstić information content (AvgIpc) is 3.09. The van der Waals surface area contributed by atoms with Gasteiger partial charge in [0.15, 0.2) is 0 Å². The zero-order chi connectivity index (χ0) is 35.0. The smallest absolute Gasteiger partial charge is 0.316 e. The molecule has 0 aliphatic heterocycles. The molecule has 0 aliphatic rings. The van der Waals surface area contributed by atoms with Crippen molar-refractivity contribution < 1.29 is 14.3 Å². The number of hydrogen-bond acceptors (Lipinski definition) is 3. The second kappa shape index (κ2) is 40.6. The molecule has 0 aromatic heterocycles. The topological polar surface area (TPSA) is 43.4 Å². The van der Waals surface area contributed by atoms with Crippen LogP contribution in [0, 0.1) is 5.92 Å². The highest BCUT2D eigenvalue weighted by atomic mass is 16.5. The van der Waals surface area contributed by atoms with E-state index < -0.39 is 5.92 Å². The van der Waals surface area contributed by atoms with Crippen LogP contribution in [0.1, 0.15) is 264 Å². The van der Waals surface area contributed by atoms with Crippen LogP contribution in [0.25, 0.3) is 0 Å². The van der Waals surface area contributed by atoms with E-state index in [1.807, 2.05) is 0 Å². The van der Waals surface area contributed by atoms with E-state index in [0.29, 0.717) is 12.8 Å². The third-order valence-corrected chi connectivity index (χ3v) is 10.7. The summed E-state index contributed by atoms with van der Waals surface area (Å²) in [6.07, 6.45) is 51.3. The number of hydrogen-bond donors (Lipinski definition) is 0. The van der Waals surface area contributed by atoms with Gasteiger partial charge in [0.1, 0.15) is 11.7 Å². The fourth-order valence-electron chi connectivity index (χ4n) is 7.35. The monoisotopic (exact) mass is 677 g/mol. The Morgan fingerprint density at radius 2 is 0.583 bits per heavy atom. The van der Waals surface area contributed by atoms with Crippen LogP contribution < -0.4 is 0 Å². The van der Waals surface area contributed by atoms with Crippen molar-refractivity contribution in [3.63, 3.8) is 0 Å². The fraction of sp³-hybridized carbons (Fsp3) is 0.956. The normalized spacial score (nSPS) is 12.1. The SMILES string of the molecule is CCCCCCCCCCCCCCCCCCCCCCCC[C@H](C(=O)CCCCCCCCCCCCCCCCC)C(=O)OC. The van der Waals surface area contributed by atoms with Crippen LogP contribution in [0.5, 0.6) is 0 Å². The number of unbranched alkanes of at least 4 members (excludes halogenated alkanes) is 35. The molecule has 0 fully saturated rings. The first-order valence-corrected chi connectivity index (χ1v) is 22.3. The van der Waals surface area contributed by atoms with Gasteiger partial charge in [0.25, 0.3) is 0 Å². The Morgan fingerprint density at radius 3 is 0.833 bits per heavy atom. The molecular weight excluding hydrogens is 588 g/mol. The van der Waals surface area contributed by atoms with Gasteiger partial charge in [0.05, 0.1) is 7.11 Å². The summed E-state index contributed by atoms with van der Waals surface area (Å²) >= 11 is 0. The minimum atomic E-state index is -0.535. The lowest BCUT2D eigenvalue weighted by atomic mass is 9.93. The van der Waals surface area contributed by atoms with Gasteiger partial charge in [-0.05, 0) is 12.8 Å². The predicted molar refractivity (Wildman–Crippen MR) is 212 cm³/mol. The number of methoxy groups -OCH3 is 1. The summed E-state index contributed by atoms with van der Waals surface area (Å²) in [6, 6.07) is 0. The number of Topliss-reactive ketones (excluding diaryl/α,β-unsaturated/α-hetero) is 1. The van der Waals surface area contributed by atoms with Gasteiger partial charge < -0.3 is 4.74 Å². The number of rotatable bonds is 41. The quantitative estimate of drug-likeness (QED) is 0.0368. The molecule has 0 aromatic carbocycles. The van der Waals surface area contributed by atoms with Crippen molar-refractivity contribution in [2.45, 2.75) is 264 Å². The van der Waals surface area contributed by atoms with Gasteiger partial charge >= 0.3 is 5.97 Å². The summed E-state index contributed by atoms with van der Waals surface area (Å²) in [6.45, 7) is 4.58. The maximum atomic E-state index is 12.8. The van der Waals surface area contributed by atoms with E-state index >= 15 is 0 Å². The molecule has 3 heteroatoms. The molecule has 0 saturated carbocycles. The molecule has 0 bridgehead atoms. The Labute approximate surface area is 302 Å². The standard InChI is InChI=1S/C45H88O3/c1-4-6-8-10-12-14-16-18-20-21-22-23-24-25-26-28-29-31-33-35-37-39-41-43(45(47)48-3)44(46)42-40-38-36-34-32-30-27-19-17-15-13-11-9-7-5-2/h43H,4-42H2,1-3H3/t43-/m1/s1. The van der Waals surface area contributed by atoms with E-state index in [1.54, 1.807) is 0 Å². The summed E-state index contributed by atoms with van der Waals surface area (Å²) in [7, 11) is 1.43. The molecule has 0 aromatic rings. The van der Waals surface area contributed by atoms with E-state index in [-0.39, 0.29) is 11.8 Å². The van der Waals surface area contributed by atoms with Crippen LogP contribution in [0.15, 0.2) is 0 Å². The summed E-state index contributed by atoms with van der Waals surface area (Å²) in [5.74, 6) is -0.740. The highest BCUT2D eigenvalue weighted by molar-refractivity contribution is 5.98. The van der Waals surface area contributed by atoms with E-state index in [1.165, 1.54) is 219 Å². The van der Waals surface area contributed by atoms with Gasteiger partial charge in [-0.2, -0.15) is 0 Å². The van der Waals surface area contributed by atoms with Crippen LogP contribution >= 0.6 is 0 Å². The molecule has 0 unspecified atom stereocenters. The zero-order valence-electron chi connectivity index (χ0n) is 33.4. The van der Waals surface area contributed by atoms with E-state index in [4.69, 9.17) is 4.74 Å². The highest BCUT2D eigenvalue weighted by Crippen LogP contribution is 2.20. The molecule has 286 valence electrons. The van der Waals surface area contributed by atoms with Crippen LogP contribution in [0.4, 0.5) is 0 Å². The van der Waals surface area contributed by atoms with E-state index in [0.717, 1.165) is 25.7 Å². The van der Waals surface area contributed by atoms with Crippen molar-refractivity contribution in [1.82, 2.24) is 0 Å². The molecule has 0 rings (SSSR count). The molecule has 0 N–H and O–H groups in total. The largest absolute Gasteiger partial charge is 0.468 e. The number of carbonyl (C=O) groups is 2. The number of carbonyl (C=O) groups excluding carboxylic acids is 2. The second-order valence-electron chi connectivity index (χ2n) is 15.5. The zero-order valence-corrected chi connectivity index (χ0v) is 33.4. The Morgan fingerprint density at radius 1 is 0.354 bits per heavy atom. The third kappa shape index (κ3) is 35.0. The van der Waals surface area contributed by atoms with Gasteiger partial charge in [-0.15, -0.1) is 0 Å². The Bertz CT molecular complexity index is 644. The van der Waals surface area contributed by atoms with Crippen LogP contribution in [0.2, 0.25) is 0 Å². The number of ketones is 1. The van der Waals surface area contributed by atoms with Crippen molar-refractivity contribution in [1.29, 1.82) is 0 Å². The highest BCUT2D eigenvalue weighted by Gasteiger charge is 2.26. The lowest BCUT2D eigenvalue weighted by Crippen LogP contribution is -2.25. The Kier molecular flexibility index (Phi) is 39.8. The number of esters is 1. The maximum Gasteiger partial charge on any atom is 0.316 e. The molecule has 0 radical (unpaired) electrons. The fourth-order valence-corrected chi connectivity index (χ4v) is 7.35. The molecule has 1 atom stereocenters. The Balaban J connectivity index is 3.55. The van der Waals surface area contributed by atoms with Gasteiger partial charge in [-0.3, -0.25) is 9.59 Å². The van der Waals surface area contributed by atoms with Gasteiger partial charge in [0.2, 0.25) is 0 Å². The summed E-state index contributed by atoms with van der Waals surface area (Å²) < 4.78 is 5.00. The van der Waals surface area contributed by atoms with Gasteiger partial charge in [-0.1, -0.05) is 245 Å². The molecule has 0 amide bonds. The lowest BCUT2D eigenvalue weighted by molar-refractivity contribution is -0.149. The summed E-state index contributed by atoms with van der Waals surface area (Å²) in [5.41, 5.74) is 0. The molecule has 48 heavy (non-hydrogen) atoms. The minimum absolute atomic E-state index is 0.111. The average molecular weight is 677 g/mol. The summed E-state index contributed by atoms with van der Waals surface area (Å²) in [4.78, 5) is 25.1. The molecule has 0 spiro atoms. The maximum absolute atomic E-state index is 12.8. The molecule has 3 nitrogen and oxygen atoms in total. The summed E-state index contributed by atoms with van der Waals surface area (Å²) in [5, 5.41) is 0. The molecular formula is C45H88O3.